The number of allylic oxidation sites excluding steroid dienone is 2. The number of rotatable bonds is 7. The highest BCUT2D eigenvalue weighted by atomic mass is 32.2. The molecule has 0 atom stereocenters. The van der Waals surface area contributed by atoms with Crippen molar-refractivity contribution in [3.8, 4) is 0 Å². The molecule has 0 saturated heterocycles. The van der Waals surface area contributed by atoms with Gasteiger partial charge in [-0.05, 0) is 54.2 Å². The van der Waals surface area contributed by atoms with Crippen LogP contribution in [0.15, 0.2) is 59.5 Å². The zero-order chi connectivity index (χ0) is 15.8. The van der Waals surface area contributed by atoms with Gasteiger partial charge >= 0.3 is 0 Å². The molecule has 0 radical (unpaired) electrons. The van der Waals surface area contributed by atoms with Gasteiger partial charge in [0.2, 0.25) is 0 Å². The van der Waals surface area contributed by atoms with Gasteiger partial charge in [-0.2, -0.15) is 0 Å². The lowest BCUT2D eigenvalue weighted by atomic mass is 9.94. The second-order valence-electron chi connectivity index (χ2n) is 5.25. The van der Waals surface area contributed by atoms with E-state index in [0.717, 1.165) is 17.7 Å². The smallest absolute Gasteiger partial charge is 0.0877 e. The van der Waals surface area contributed by atoms with E-state index in [9.17, 15) is 0 Å². The van der Waals surface area contributed by atoms with E-state index in [1.807, 2.05) is 18.2 Å². The minimum absolute atomic E-state index is 0.628. The van der Waals surface area contributed by atoms with Gasteiger partial charge in [0.05, 0.1) is 6.61 Å². The second kappa shape index (κ2) is 8.82. The van der Waals surface area contributed by atoms with Gasteiger partial charge < -0.3 is 4.18 Å². The molecule has 0 fully saturated rings. The summed E-state index contributed by atoms with van der Waals surface area (Å²) in [6, 6.07) is 16.7. The summed E-state index contributed by atoms with van der Waals surface area (Å²) in [6.45, 7) is 7.19. The SMILES string of the molecule is CC/C=C(\CC)c1cccc(C)c1COSc1ccccc1. The minimum Gasteiger partial charge on any atom is -0.305 e. The Balaban J connectivity index is 2.14. The maximum Gasteiger partial charge on any atom is 0.0877 e. The molecule has 0 bridgehead atoms. The average molecular weight is 312 g/mol. The molecule has 0 heterocycles. The first kappa shape index (κ1) is 16.9. The molecule has 0 saturated carbocycles. The molecule has 0 amide bonds. The van der Waals surface area contributed by atoms with Gasteiger partial charge in [-0.1, -0.05) is 56.3 Å². The molecule has 0 aliphatic carbocycles. The molecule has 22 heavy (non-hydrogen) atoms. The lowest BCUT2D eigenvalue weighted by Crippen LogP contribution is -1.98. The van der Waals surface area contributed by atoms with Crippen LogP contribution >= 0.6 is 12.0 Å². The molecular formula is C20H24OS. The van der Waals surface area contributed by atoms with Crippen molar-refractivity contribution < 1.29 is 4.18 Å². The number of hydrogen-bond donors (Lipinski definition) is 0. The summed E-state index contributed by atoms with van der Waals surface area (Å²) in [6.07, 6.45) is 4.44. The molecule has 2 aromatic rings. The molecular weight excluding hydrogens is 288 g/mol. The Labute approximate surface area is 138 Å². The summed E-state index contributed by atoms with van der Waals surface area (Å²) >= 11 is 1.45. The number of hydrogen-bond acceptors (Lipinski definition) is 2. The minimum atomic E-state index is 0.628. The Hall–Kier alpha value is -1.51. The fourth-order valence-electron chi connectivity index (χ4n) is 2.52. The lowest BCUT2D eigenvalue weighted by Gasteiger charge is -2.14. The van der Waals surface area contributed by atoms with E-state index >= 15 is 0 Å². The van der Waals surface area contributed by atoms with Crippen molar-refractivity contribution in [3.05, 3.63) is 71.3 Å². The number of aryl methyl sites for hydroxylation is 1. The second-order valence-corrected chi connectivity index (χ2v) is 6.12. The third-order valence-corrected chi connectivity index (χ3v) is 4.39. The Bertz CT molecular complexity index is 617. The van der Waals surface area contributed by atoms with E-state index in [0.29, 0.717) is 6.61 Å². The quantitative estimate of drug-likeness (QED) is 0.545. The van der Waals surface area contributed by atoms with Crippen LogP contribution in [0.3, 0.4) is 0 Å². The average Bonchev–Trinajstić information content (AvgIpc) is 2.55. The summed E-state index contributed by atoms with van der Waals surface area (Å²) in [5, 5.41) is 0. The molecule has 0 aromatic heterocycles. The van der Waals surface area contributed by atoms with Crippen LogP contribution < -0.4 is 0 Å². The molecule has 0 aliphatic heterocycles. The third kappa shape index (κ3) is 4.49. The van der Waals surface area contributed by atoms with Crippen molar-refractivity contribution in [2.45, 2.75) is 45.1 Å². The molecule has 0 unspecified atom stereocenters. The standard InChI is InChI=1S/C20H24OS/c1-4-10-17(5-2)19-14-9-11-16(3)20(19)15-21-22-18-12-7-6-8-13-18/h6-14H,4-5,15H2,1-3H3/b17-10+. The zero-order valence-electron chi connectivity index (χ0n) is 13.6. The van der Waals surface area contributed by atoms with E-state index in [1.54, 1.807) is 0 Å². The Kier molecular flexibility index (Phi) is 6.75. The molecule has 2 heteroatoms. The first-order valence-corrected chi connectivity index (χ1v) is 8.62. The van der Waals surface area contributed by atoms with Crippen LogP contribution in [0.25, 0.3) is 5.57 Å². The highest BCUT2D eigenvalue weighted by Gasteiger charge is 2.09. The molecule has 0 N–H and O–H groups in total. The molecule has 116 valence electrons. The monoisotopic (exact) mass is 312 g/mol. The fraction of sp³-hybridized carbons (Fsp3) is 0.300. The van der Waals surface area contributed by atoms with E-state index in [1.165, 1.54) is 34.3 Å². The van der Waals surface area contributed by atoms with E-state index in [-0.39, 0.29) is 0 Å². The van der Waals surface area contributed by atoms with Crippen LogP contribution in [-0.4, -0.2) is 0 Å². The highest BCUT2D eigenvalue weighted by Crippen LogP contribution is 2.28. The van der Waals surface area contributed by atoms with Crippen molar-refractivity contribution in [1.29, 1.82) is 0 Å². The Morgan fingerprint density at radius 2 is 1.82 bits per heavy atom. The van der Waals surface area contributed by atoms with Crippen molar-refractivity contribution in [2.24, 2.45) is 0 Å². The van der Waals surface area contributed by atoms with Crippen molar-refractivity contribution in [3.63, 3.8) is 0 Å². The topological polar surface area (TPSA) is 9.23 Å². The van der Waals surface area contributed by atoms with Crippen molar-refractivity contribution in [2.75, 3.05) is 0 Å². The Morgan fingerprint density at radius 1 is 1.05 bits per heavy atom. The highest BCUT2D eigenvalue weighted by molar-refractivity contribution is 7.94. The molecule has 1 nitrogen and oxygen atoms in total. The predicted octanol–water partition coefficient (Wildman–Crippen LogP) is 6.42. The van der Waals surface area contributed by atoms with Crippen LogP contribution in [0.4, 0.5) is 0 Å². The van der Waals surface area contributed by atoms with Gasteiger partial charge in [-0.3, -0.25) is 0 Å². The van der Waals surface area contributed by atoms with Gasteiger partial charge in [0.25, 0.3) is 0 Å². The van der Waals surface area contributed by atoms with Gasteiger partial charge in [0.1, 0.15) is 0 Å². The summed E-state index contributed by atoms with van der Waals surface area (Å²) in [7, 11) is 0. The van der Waals surface area contributed by atoms with E-state index in [2.05, 4.69) is 57.2 Å². The van der Waals surface area contributed by atoms with Crippen LogP contribution in [-0.2, 0) is 10.8 Å². The van der Waals surface area contributed by atoms with Gasteiger partial charge in [0.15, 0.2) is 0 Å². The first-order valence-electron chi connectivity index (χ1n) is 7.88. The van der Waals surface area contributed by atoms with E-state index in [4.69, 9.17) is 4.18 Å². The summed E-state index contributed by atoms with van der Waals surface area (Å²) in [5.74, 6) is 0. The maximum absolute atomic E-state index is 5.89. The van der Waals surface area contributed by atoms with Crippen LogP contribution in [0.2, 0.25) is 0 Å². The largest absolute Gasteiger partial charge is 0.305 e. The summed E-state index contributed by atoms with van der Waals surface area (Å²) < 4.78 is 5.89. The van der Waals surface area contributed by atoms with Crippen molar-refractivity contribution in [1.82, 2.24) is 0 Å². The first-order chi connectivity index (χ1) is 10.8. The van der Waals surface area contributed by atoms with E-state index < -0.39 is 0 Å². The fourth-order valence-corrected chi connectivity index (χ4v) is 3.10. The summed E-state index contributed by atoms with van der Waals surface area (Å²) in [5.41, 5.74) is 5.33. The van der Waals surface area contributed by atoms with Crippen LogP contribution in [0.1, 0.15) is 43.4 Å². The summed E-state index contributed by atoms with van der Waals surface area (Å²) in [4.78, 5) is 1.14. The van der Waals surface area contributed by atoms with Crippen LogP contribution in [0.5, 0.6) is 0 Å². The predicted molar refractivity (Wildman–Crippen MR) is 96.8 cm³/mol. The molecule has 0 spiro atoms. The van der Waals surface area contributed by atoms with Gasteiger partial charge in [-0.25, -0.2) is 0 Å². The Morgan fingerprint density at radius 3 is 2.50 bits per heavy atom. The number of benzene rings is 2. The maximum atomic E-state index is 5.89. The zero-order valence-corrected chi connectivity index (χ0v) is 14.5. The molecule has 2 rings (SSSR count). The lowest BCUT2D eigenvalue weighted by molar-refractivity contribution is 0.362. The van der Waals surface area contributed by atoms with Gasteiger partial charge in [0, 0.05) is 16.9 Å². The van der Waals surface area contributed by atoms with Crippen LogP contribution in [0, 0.1) is 6.92 Å². The van der Waals surface area contributed by atoms with Gasteiger partial charge in [-0.15, -0.1) is 0 Å². The third-order valence-electron chi connectivity index (χ3n) is 3.69. The normalized spacial score (nSPS) is 11.7. The van der Waals surface area contributed by atoms with Crippen molar-refractivity contribution >= 4 is 17.6 Å². The molecule has 0 aliphatic rings. The molecule has 2 aromatic carbocycles.